The Hall–Kier alpha value is -2.53. The molecule has 2 aromatic heterocycles. The van der Waals surface area contributed by atoms with E-state index in [0.29, 0.717) is 49.3 Å². The van der Waals surface area contributed by atoms with Crippen LogP contribution < -0.4 is 15.1 Å². The molecule has 11 heteroatoms. The Bertz CT molecular complexity index is 984. The van der Waals surface area contributed by atoms with Crippen LogP contribution in [0.1, 0.15) is 0 Å². The van der Waals surface area contributed by atoms with Crippen molar-refractivity contribution in [3.05, 3.63) is 34.7 Å². The van der Waals surface area contributed by atoms with Gasteiger partial charge in [-0.1, -0.05) is 23.7 Å². The van der Waals surface area contributed by atoms with Crippen LogP contribution in [0.5, 0.6) is 0 Å². The second-order valence-electron chi connectivity index (χ2n) is 7.13. The fourth-order valence-electron chi connectivity index (χ4n) is 3.40. The van der Waals surface area contributed by atoms with Gasteiger partial charge in [0.25, 0.3) is 0 Å². The molecule has 1 aromatic carbocycles. The van der Waals surface area contributed by atoms with E-state index in [2.05, 4.69) is 30.1 Å². The Morgan fingerprint density at radius 3 is 1.97 bits per heavy atom. The van der Waals surface area contributed by atoms with Gasteiger partial charge >= 0.3 is 0 Å². The van der Waals surface area contributed by atoms with E-state index in [-0.39, 0.29) is 0 Å². The molecule has 0 aliphatic carbocycles. The Kier molecular flexibility index (Phi) is 6.12. The van der Waals surface area contributed by atoms with Gasteiger partial charge < -0.3 is 19.3 Å². The minimum absolute atomic E-state index is 0.481. The topological polar surface area (TPSA) is 88.5 Å². The van der Waals surface area contributed by atoms with E-state index in [0.717, 1.165) is 42.6 Å². The molecule has 0 saturated carbocycles. The van der Waals surface area contributed by atoms with Crippen molar-refractivity contribution in [2.24, 2.45) is 0 Å². The number of nitrogens with zero attached hydrogens (tertiary/aromatic N) is 6. The van der Waals surface area contributed by atoms with Crippen molar-refractivity contribution >= 4 is 45.9 Å². The quantitative estimate of drug-likeness (QED) is 0.618. The predicted molar refractivity (Wildman–Crippen MR) is 122 cm³/mol. The lowest BCUT2D eigenvalue weighted by Gasteiger charge is -2.30. The fourth-order valence-corrected chi connectivity index (χ4v) is 4.24. The first-order valence-corrected chi connectivity index (χ1v) is 11.4. The summed E-state index contributed by atoms with van der Waals surface area (Å²) in [6.45, 7) is 5.68. The number of hydrogen-bond acceptors (Lipinski definition) is 10. The average molecular weight is 460 g/mol. The highest BCUT2D eigenvalue weighted by atomic mass is 35.5. The molecule has 0 atom stereocenters. The van der Waals surface area contributed by atoms with Gasteiger partial charge in [0.05, 0.1) is 32.1 Å². The highest BCUT2D eigenvalue weighted by Crippen LogP contribution is 2.28. The molecule has 0 unspecified atom stereocenters. The molecule has 2 aliphatic heterocycles. The molecule has 0 amide bonds. The van der Waals surface area contributed by atoms with E-state index < -0.39 is 0 Å². The number of halogens is 1. The van der Waals surface area contributed by atoms with Crippen LogP contribution in [0.4, 0.5) is 23.0 Å². The molecule has 3 aromatic rings. The summed E-state index contributed by atoms with van der Waals surface area (Å²) >= 11 is 7.50. The highest BCUT2D eigenvalue weighted by Gasteiger charge is 2.21. The maximum absolute atomic E-state index is 5.99. The van der Waals surface area contributed by atoms with Crippen LogP contribution >= 0.6 is 22.9 Å². The van der Waals surface area contributed by atoms with E-state index in [1.807, 2.05) is 29.6 Å². The second kappa shape index (κ2) is 9.31. The standard InChI is InChI=1S/C20H22ClN7O2S/c21-15-3-1-14(2-4-15)16-13-31-20(22-16)25-17-23-18(27-5-9-29-10-6-27)26-19(24-17)28-7-11-30-12-8-28/h1-4,13H,5-12H2,(H,22,23,24,25,26). The van der Waals surface area contributed by atoms with Crippen LogP contribution in [0.15, 0.2) is 29.6 Å². The lowest BCUT2D eigenvalue weighted by atomic mass is 10.2. The van der Waals surface area contributed by atoms with Crippen molar-refractivity contribution in [2.75, 3.05) is 67.7 Å². The summed E-state index contributed by atoms with van der Waals surface area (Å²) < 4.78 is 10.9. The van der Waals surface area contributed by atoms with Crippen molar-refractivity contribution < 1.29 is 9.47 Å². The number of hydrogen-bond donors (Lipinski definition) is 1. The van der Waals surface area contributed by atoms with Gasteiger partial charge in [0, 0.05) is 42.1 Å². The van der Waals surface area contributed by atoms with Crippen molar-refractivity contribution in [1.29, 1.82) is 0 Å². The highest BCUT2D eigenvalue weighted by molar-refractivity contribution is 7.14. The molecule has 9 nitrogen and oxygen atoms in total. The number of morpholine rings is 2. The van der Waals surface area contributed by atoms with Crippen molar-refractivity contribution in [2.45, 2.75) is 0 Å². The summed E-state index contributed by atoms with van der Waals surface area (Å²) in [5, 5.41) is 6.69. The predicted octanol–water partition coefficient (Wildman–Crippen LogP) is 3.07. The van der Waals surface area contributed by atoms with Gasteiger partial charge in [0.1, 0.15) is 0 Å². The first-order chi connectivity index (χ1) is 15.2. The van der Waals surface area contributed by atoms with E-state index in [1.165, 1.54) is 11.3 Å². The number of anilines is 4. The van der Waals surface area contributed by atoms with Gasteiger partial charge in [-0.3, -0.25) is 5.32 Å². The molecule has 2 fully saturated rings. The van der Waals surface area contributed by atoms with Gasteiger partial charge in [0.15, 0.2) is 5.13 Å². The van der Waals surface area contributed by atoms with Gasteiger partial charge in [-0.2, -0.15) is 15.0 Å². The van der Waals surface area contributed by atoms with Gasteiger partial charge in [-0.25, -0.2) is 4.98 Å². The van der Waals surface area contributed by atoms with Crippen LogP contribution in [-0.4, -0.2) is 72.5 Å². The van der Waals surface area contributed by atoms with Gasteiger partial charge in [0.2, 0.25) is 17.8 Å². The third-order valence-corrected chi connectivity index (χ3v) is 6.07. The largest absolute Gasteiger partial charge is 0.378 e. The van der Waals surface area contributed by atoms with Gasteiger partial charge in [-0.05, 0) is 12.1 Å². The van der Waals surface area contributed by atoms with Crippen molar-refractivity contribution in [3.8, 4) is 11.3 Å². The van der Waals surface area contributed by atoms with Gasteiger partial charge in [-0.15, -0.1) is 11.3 Å². The smallest absolute Gasteiger partial charge is 0.235 e. The molecular weight excluding hydrogens is 438 g/mol. The maximum atomic E-state index is 5.99. The SMILES string of the molecule is Clc1ccc(-c2csc(Nc3nc(N4CCOCC4)nc(N4CCOCC4)n3)n2)cc1. The third-order valence-electron chi connectivity index (χ3n) is 5.06. The summed E-state index contributed by atoms with van der Waals surface area (Å²) in [6, 6.07) is 7.63. The number of nitrogens with one attached hydrogen (secondary N) is 1. The maximum Gasteiger partial charge on any atom is 0.235 e. The number of rotatable bonds is 5. The van der Waals surface area contributed by atoms with Crippen LogP contribution in [0, 0.1) is 0 Å². The number of benzene rings is 1. The molecule has 0 bridgehead atoms. The van der Waals surface area contributed by atoms with Crippen LogP contribution in [0.25, 0.3) is 11.3 Å². The van der Waals surface area contributed by atoms with E-state index >= 15 is 0 Å². The molecule has 162 valence electrons. The Morgan fingerprint density at radius 2 is 1.39 bits per heavy atom. The second-order valence-corrected chi connectivity index (χ2v) is 8.42. The first-order valence-electron chi connectivity index (χ1n) is 10.1. The molecule has 0 radical (unpaired) electrons. The molecule has 2 saturated heterocycles. The third kappa shape index (κ3) is 4.87. The summed E-state index contributed by atoms with van der Waals surface area (Å²) in [5.74, 6) is 1.78. The lowest BCUT2D eigenvalue weighted by molar-refractivity contribution is 0.121. The summed E-state index contributed by atoms with van der Waals surface area (Å²) in [5.41, 5.74) is 1.88. The molecule has 31 heavy (non-hydrogen) atoms. The molecule has 2 aliphatic rings. The fraction of sp³-hybridized carbons (Fsp3) is 0.400. The van der Waals surface area contributed by atoms with E-state index in [1.54, 1.807) is 0 Å². The van der Waals surface area contributed by atoms with E-state index in [4.69, 9.17) is 26.1 Å². The summed E-state index contributed by atoms with van der Waals surface area (Å²) in [4.78, 5) is 23.0. The Morgan fingerprint density at radius 1 is 0.806 bits per heavy atom. The van der Waals surface area contributed by atoms with E-state index in [9.17, 15) is 0 Å². The molecule has 5 rings (SSSR count). The minimum Gasteiger partial charge on any atom is -0.378 e. The zero-order chi connectivity index (χ0) is 21.0. The lowest BCUT2D eigenvalue weighted by Crippen LogP contribution is -2.40. The van der Waals surface area contributed by atoms with Crippen LogP contribution in [-0.2, 0) is 9.47 Å². The summed E-state index contributed by atoms with van der Waals surface area (Å²) in [7, 11) is 0. The van der Waals surface area contributed by atoms with Crippen LogP contribution in [0.3, 0.4) is 0 Å². The number of ether oxygens (including phenoxy) is 2. The van der Waals surface area contributed by atoms with Crippen LogP contribution in [0.2, 0.25) is 5.02 Å². The zero-order valence-corrected chi connectivity index (χ0v) is 18.4. The Balaban J connectivity index is 1.41. The summed E-state index contributed by atoms with van der Waals surface area (Å²) in [6.07, 6.45) is 0. The minimum atomic E-state index is 0.481. The molecule has 4 heterocycles. The molecule has 0 spiro atoms. The Labute approximate surface area is 189 Å². The average Bonchev–Trinajstić information content (AvgIpc) is 3.29. The monoisotopic (exact) mass is 459 g/mol. The van der Waals surface area contributed by atoms with Crippen molar-refractivity contribution in [1.82, 2.24) is 19.9 Å². The zero-order valence-electron chi connectivity index (χ0n) is 16.8. The first kappa shape index (κ1) is 20.4. The number of thiazole rings is 1. The normalized spacial score (nSPS) is 17.1. The molecular formula is C20H22ClN7O2S. The molecule has 1 N–H and O–H groups in total. The van der Waals surface area contributed by atoms with Crippen molar-refractivity contribution in [3.63, 3.8) is 0 Å². The number of aromatic nitrogens is 4.